The number of carbonyl (C=O) groups is 2. The van der Waals surface area contributed by atoms with Crippen LogP contribution in [0.2, 0.25) is 0 Å². The molecular formula is C27H30N4O3. The number of ether oxygens (including phenoxy) is 1. The van der Waals surface area contributed by atoms with Gasteiger partial charge in [-0.3, -0.25) is 9.59 Å². The molecule has 0 unspecified atom stereocenters. The number of imidazole rings is 1. The van der Waals surface area contributed by atoms with Crippen molar-refractivity contribution in [1.82, 2.24) is 19.8 Å². The number of piperidine rings is 1. The molecule has 2 aliphatic rings. The molecule has 1 N–H and O–H groups in total. The van der Waals surface area contributed by atoms with Crippen molar-refractivity contribution >= 4 is 11.8 Å². The summed E-state index contributed by atoms with van der Waals surface area (Å²) in [5.74, 6) is -0.0803. The Labute approximate surface area is 199 Å². The Kier molecular flexibility index (Phi) is 6.45. The number of rotatable bonds is 5. The molecule has 5 rings (SSSR count). The van der Waals surface area contributed by atoms with Crippen LogP contribution in [-0.4, -0.2) is 39.4 Å². The number of nitrogens with one attached hydrogen (secondary N) is 1. The monoisotopic (exact) mass is 458 g/mol. The number of hydrogen-bond acceptors (Lipinski definition) is 4. The van der Waals surface area contributed by atoms with Gasteiger partial charge in [0.15, 0.2) is 5.69 Å². The van der Waals surface area contributed by atoms with Crippen LogP contribution in [0, 0.1) is 12.8 Å². The molecular weight excluding hydrogens is 428 g/mol. The molecule has 1 fully saturated rings. The van der Waals surface area contributed by atoms with E-state index in [2.05, 4.69) is 22.4 Å². The molecule has 7 heteroatoms. The third kappa shape index (κ3) is 4.61. The van der Waals surface area contributed by atoms with Gasteiger partial charge < -0.3 is 19.5 Å². The fraction of sp³-hybridized carbons (Fsp3) is 0.370. The van der Waals surface area contributed by atoms with Gasteiger partial charge in [-0.15, -0.1) is 0 Å². The van der Waals surface area contributed by atoms with E-state index in [-0.39, 0.29) is 23.8 Å². The number of nitrogens with zero attached hydrogens (tertiary/aromatic N) is 3. The predicted molar refractivity (Wildman–Crippen MR) is 128 cm³/mol. The number of likely N-dealkylation sites (tertiary alicyclic amines) is 1. The molecule has 0 aliphatic carbocycles. The maximum absolute atomic E-state index is 13.2. The first-order valence-electron chi connectivity index (χ1n) is 11.9. The molecule has 2 aliphatic heterocycles. The maximum atomic E-state index is 13.2. The lowest BCUT2D eigenvalue weighted by atomic mass is 9.95. The predicted octanol–water partition coefficient (Wildman–Crippen LogP) is 3.63. The summed E-state index contributed by atoms with van der Waals surface area (Å²) in [7, 11) is 0. The molecule has 2 aromatic carbocycles. The second-order valence-electron chi connectivity index (χ2n) is 9.11. The summed E-state index contributed by atoms with van der Waals surface area (Å²) >= 11 is 0. The van der Waals surface area contributed by atoms with Crippen LogP contribution >= 0.6 is 0 Å². The fourth-order valence-corrected chi connectivity index (χ4v) is 4.80. The van der Waals surface area contributed by atoms with Gasteiger partial charge in [0, 0.05) is 25.6 Å². The Morgan fingerprint density at radius 1 is 1.06 bits per heavy atom. The Bertz CT molecular complexity index is 1170. The zero-order valence-electron chi connectivity index (χ0n) is 19.4. The summed E-state index contributed by atoms with van der Waals surface area (Å²) in [6.07, 6.45) is 3.02. The zero-order chi connectivity index (χ0) is 23.5. The minimum absolute atomic E-state index is 0.0419. The van der Waals surface area contributed by atoms with Crippen LogP contribution in [0.5, 0.6) is 0 Å². The molecule has 7 nitrogen and oxygen atoms in total. The highest BCUT2D eigenvalue weighted by Gasteiger charge is 2.32. The van der Waals surface area contributed by atoms with Crippen molar-refractivity contribution in [3.63, 3.8) is 0 Å². The lowest BCUT2D eigenvalue weighted by Gasteiger charge is -2.31. The minimum Gasteiger partial charge on any atom is -0.365 e. The van der Waals surface area contributed by atoms with Crippen LogP contribution in [0.3, 0.4) is 0 Å². The van der Waals surface area contributed by atoms with Crippen LogP contribution in [0.1, 0.15) is 51.8 Å². The van der Waals surface area contributed by atoms with E-state index in [1.54, 1.807) is 6.33 Å². The SMILES string of the molecule is Cc1ccccc1CNC(=O)C1CCN(C(=O)c2ncn3c2CO[C@@H](c2ccccc2)C3)CC1. The van der Waals surface area contributed by atoms with Gasteiger partial charge >= 0.3 is 0 Å². The lowest BCUT2D eigenvalue weighted by Crippen LogP contribution is -2.43. The molecule has 0 saturated carbocycles. The van der Waals surface area contributed by atoms with Gasteiger partial charge in [0.2, 0.25) is 5.91 Å². The minimum atomic E-state index is -0.0747. The quantitative estimate of drug-likeness (QED) is 0.634. The first-order valence-corrected chi connectivity index (χ1v) is 11.9. The Morgan fingerprint density at radius 2 is 1.79 bits per heavy atom. The smallest absolute Gasteiger partial charge is 0.274 e. The molecule has 34 heavy (non-hydrogen) atoms. The van der Waals surface area contributed by atoms with Gasteiger partial charge in [-0.2, -0.15) is 0 Å². The van der Waals surface area contributed by atoms with E-state index in [9.17, 15) is 9.59 Å². The van der Waals surface area contributed by atoms with Gasteiger partial charge in [0.1, 0.15) is 6.10 Å². The average Bonchev–Trinajstić information content (AvgIpc) is 3.31. The number of amides is 2. The van der Waals surface area contributed by atoms with Crippen molar-refractivity contribution < 1.29 is 14.3 Å². The standard InChI is InChI=1S/C27H30N4O3/c1-19-7-5-6-10-22(19)15-28-26(32)21-11-13-30(14-12-21)27(33)25-23-17-34-24(16-31(23)18-29-25)20-8-3-2-4-9-20/h2-10,18,21,24H,11-17H2,1H3,(H,28,32)/t24-/m1/s1. The number of fused-ring (bicyclic) bond motifs is 1. The van der Waals surface area contributed by atoms with Crippen molar-refractivity contribution in [2.45, 2.75) is 45.6 Å². The maximum Gasteiger partial charge on any atom is 0.274 e. The Balaban J connectivity index is 1.16. The molecule has 1 atom stereocenters. The summed E-state index contributed by atoms with van der Waals surface area (Å²) in [4.78, 5) is 32.1. The topological polar surface area (TPSA) is 76.5 Å². The lowest BCUT2D eigenvalue weighted by molar-refractivity contribution is -0.126. The first kappa shape index (κ1) is 22.3. The Morgan fingerprint density at radius 3 is 2.56 bits per heavy atom. The van der Waals surface area contributed by atoms with E-state index >= 15 is 0 Å². The second kappa shape index (κ2) is 9.81. The van der Waals surface area contributed by atoms with Crippen molar-refractivity contribution in [1.29, 1.82) is 0 Å². The second-order valence-corrected chi connectivity index (χ2v) is 9.11. The summed E-state index contributed by atoms with van der Waals surface area (Å²) in [6, 6.07) is 18.2. The molecule has 0 bridgehead atoms. The molecule has 1 saturated heterocycles. The molecule has 176 valence electrons. The number of aromatic nitrogens is 2. The van der Waals surface area contributed by atoms with E-state index < -0.39 is 0 Å². The van der Waals surface area contributed by atoms with Crippen molar-refractivity contribution in [2.75, 3.05) is 13.1 Å². The van der Waals surface area contributed by atoms with E-state index in [0.717, 1.165) is 16.8 Å². The molecule has 0 radical (unpaired) electrons. The fourth-order valence-electron chi connectivity index (χ4n) is 4.80. The summed E-state index contributed by atoms with van der Waals surface area (Å²) in [6.45, 7) is 4.70. The van der Waals surface area contributed by atoms with Crippen molar-refractivity contribution in [3.8, 4) is 0 Å². The third-order valence-corrected chi connectivity index (χ3v) is 6.97. The molecule has 3 heterocycles. The summed E-state index contributed by atoms with van der Waals surface area (Å²) < 4.78 is 8.09. The van der Waals surface area contributed by atoms with E-state index in [0.29, 0.717) is 51.3 Å². The van der Waals surface area contributed by atoms with Crippen molar-refractivity contribution in [2.24, 2.45) is 5.92 Å². The number of hydrogen-bond donors (Lipinski definition) is 1. The van der Waals surface area contributed by atoms with Crippen molar-refractivity contribution in [3.05, 3.63) is 89.0 Å². The normalized spacial score (nSPS) is 18.4. The third-order valence-electron chi connectivity index (χ3n) is 6.97. The summed E-state index contributed by atoms with van der Waals surface area (Å²) in [5, 5.41) is 3.07. The van der Waals surface area contributed by atoms with Crippen LogP contribution in [-0.2, 0) is 29.2 Å². The van der Waals surface area contributed by atoms with Crippen LogP contribution in [0.15, 0.2) is 60.9 Å². The van der Waals surface area contributed by atoms with Gasteiger partial charge in [-0.05, 0) is 36.5 Å². The molecule has 0 spiro atoms. The number of carbonyl (C=O) groups excluding carboxylic acids is 2. The first-order chi connectivity index (χ1) is 16.6. The van der Waals surface area contributed by atoms with E-state index in [1.807, 2.05) is 58.9 Å². The van der Waals surface area contributed by atoms with Gasteiger partial charge in [-0.1, -0.05) is 54.6 Å². The molecule has 3 aromatic rings. The molecule has 2 amide bonds. The molecule has 1 aromatic heterocycles. The van der Waals surface area contributed by atoms with Gasteiger partial charge in [0.25, 0.3) is 5.91 Å². The highest BCUT2D eigenvalue weighted by molar-refractivity contribution is 5.93. The largest absolute Gasteiger partial charge is 0.365 e. The van der Waals surface area contributed by atoms with Gasteiger partial charge in [-0.25, -0.2) is 4.98 Å². The van der Waals surface area contributed by atoms with Crippen LogP contribution in [0.25, 0.3) is 0 Å². The number of benzene rings is 2. The Hall–Kier alpha value is -3.45. The van der Waals surface area contributed by atoms with E-state index in [1.165, 1.54) is 5.56 Å². The summed E-state index contributed by atoms with van der Waals surface area (Å²) in [5.41, 5.74) is 4.72. The van der Waals surface area contributed by atoms with Crippen LogP contribution in [0.4, 0.5) is 0 Å². The number of aryl methyl sites for hydroxylation is 1. The highest BCUT2D eigenvalue weighted by atomic mass is 16.5. The van der Waals surface area contributed by atoms with E-state index in [4.69, 9.17) is 4.74 Å². The van der Waals surface area contributed by atoms with Gasteiger partial charge in [0.05, 0.1) is 25.2 Å². The average molecular weight is 459 g/mol. The van der Waals surface area contributed by atoms with Crippen LogP contribution < -0.4 is 5.32 Å². The highest BCUT2D eigenvalue weighted by Crippen LogP contribution is 2.28. The zero-order valence-corrected chi connectivity index (χ0v) is 19.4.